The Labute approximate surface area is 126 Å². The topological polar surface area (TPSA) is 75.3 Å². The largest absolute Gasteiger partial charge is 0.508 e. The maximum Gasteiger partial charge on any atom is 0.237 e. The molecule has 1 aromatic carbocycles. The van der Waals surface area contributed by atoms with Crippen LogP contribution in [-0.4, -0.2) is 23.6 Å². The van der Waals surface area contributed by atoms with Gasteiger partial charge in [0, 0.05) is 6.54 Å². The van der Waals surface area contributed by atoms with Gasteiger partial charge in [-0.05, 0) is 42.9 Å². The van der Waals surface area contributed by atoms with Crippen LogP contribution in [-0.2, 0) is 11.2 Å². The molecular formula is C17H26N2O2. The maximum atomic E-state index is 11.9. The number of carbonyl (C=O) groups excluding carboxylic acids is 1. The first-order valence-corrected chi connectivity index (χ1v) is 7.96. The highest BCUT2D eigenvalue weighted by atomic mass is 16.3. The van der Waals surface area contributed by atoms with Crippen LogP contribution in [0.25, 0.3) is 0 Å². The second kappa shape index (κ2) is 8.03. The number of nitrogens with one attached hydrogen (secondary N) is 1. The zero-order valence-electron chi connectivity index (χ0n) is 12.6. The van der Waals surface area contributed by atoms with E-state index in [-0.39, 0.29) is 11.7 Å². The van der Waals surface area contributed by atoms with E-state index in [0.717, 1.165) is 24.4 Å². The minimum absolute atomic E-state index is 0.0884. The molecule has 1 fully saturated rings. The van der Waals surface area contributed by atoms with E-state index in [1.54, 1.807) is 24.3 Å². The molecule has 116 valence electrons. The van der Waals surface area contributed by atoms with E-state index in [2.05, 4.69) is 5.32 Å². The molecule has 4 nitrogen and oxygen atoms in total. The Morgan fingerprint density at radius 1 is 1.29 bits per heavy atom. The monoisotopic (exact) mass is 290 g/mol. The first kappa shape index (κ1) is 15.8. The van der Waals surface area contributed by atoms with E-state index in [1.165, 1.54) is 32.1 Å². The molecule has 2 rings (SSSR count). The Kier molecular flexibility index (Phi) is 6.05. The number of hydrogen-bond donors (Lipinski definition) is 3. The summed E-state index contributed by atoms with van der Waals surface area (Å²) >= 11 is 0. The molecule has 1 saturated carbocycles. The van der Waals surface area contributed by atoms with Gasteiger partial charge in [0.15, 0.2) is 0 Å². The average Bonchev–Trinajstić information content (AvgIpc) is 2.99. The van der Waals surface area contributed by atoms with Gasteiger partial charge in [-0.25, -0.2) is 0 Å². The van der Waals surface area contributed by atoms with Gasteiger partial charge in [-0.2, -0.15) is 0 Å². The van der Waals surface area contributed by atoms with E-state index in [1.807, 2.05) is 0 Å². The third-order valence-electron chi connectivity index (χ3n) is 4.29. The van der Waals surface area contributed by atoms with Crippen LogP contribution in [0.5, 0.6) is 5.75 Å². The predicted octanol–water partition coefficient (Wildman–Crippen LogP) is 2.35. The lowest BCUT2D eigenvalue weighted by Gasteiger charge is -2.13. The van der Waals surface area contributed by atoms with Crippen LogP contribution in [0.3, 0.4) is 0 Å². The van der Waals surface area contributed by atoms with Crippen LogP contribution in [0.2, 0.25) is 0 Å². The minimum Gasteiger partial charge on any atom is -0.508 e. The number of phenolic OH excluding ortho intramolecular Hbond substituents is 1. The van der Waals surface area contributed by atoms with Gasteiger partial charge < -0.3 is 16.2 Å². The predicted molar refractivity (Wildman–Crippen MR) is 84.0 cm³/mol. The molecular weight excluding hydrogens is 264 g/mol. The van der Waals surface area contributed by atoms with Gasteiger partial charge in [-0.1, -0.05) is 37.8 Å². The second-order valence-electron chi connectivity index (χ2n) is 6.06. The Morgan fingerprint density at radius 3 is 2.62 bits per heavy atom. The molecule has 1 unspecified atom stereocenters. The van der Waals surface area contributed by atoms with Gasteiger partial charge in [-0.15, -0.1) is 0 Å². The number of carbonyl (C=O) groups is 1. The molecule has 4 heteroatoms. The summed E-state index contributed by atoms with van der Waals surface area (Å²) in [5.74, 6) is 1.01. The summed E-state index contributed by atoms with van der Waals surface area (Å²) < 4.78 is 0. The zero-order valence-corrected chi connectivity index (χ0v) is 12.6. The number of benzene rings is 1. The summed E-state index contributed by atoms with van der Waals surface area (Å²) in [5, 5.41) is 12.1. The summed E-state index contributed by atoms with van der Waals surface area (Å²) in [4.78, 5) is 11.9. The highest BCUT2D eigenvalue weighted by molar-refractivity contribution is 5.81. The molecule has 0 aromatic heterocycles. The highest BCUT2D eigenvalue weighted by Crippen LogP contribution is 2.28. The smallest absolute Gasteiger partial charge is 0.237 e. The molecule has 1 aromatic rings. The molecule has 0 saturated heterocycles. The summed E-state index contributed by atoms with van der Waals surface area (Å²) in [6.07, 6.45) is 8.20. The Hall–Kier alpha value is -1.55. The van der Waals surface area contributed by atoms with Crippen LogP contribution >= 0.6 is 0 Å². The molecule has 0 aliphatic heterocycles. The molecule has 21 heavy (non-hydrogen) atoms. The summed E-state index contributed by atoms with van der Waals surface area (Å²) in [7, 11) is 0. The lowest BCUT2D eigenvalue weighted by atomic mass is 10.0. The van der Waals surface area contributed by atoms with Crippen molar-refractivity contribution in [3.05, 3.63) is 29.8 Å². The maximum absolute atomic E-state index is 11.9. The molecule has 1 aliphatic carbocycles. The second-order valence-corrected chi connectivity index (χ2v) is 6.06. The number of amides is 1. The number of hydrogen-bond acceptors (Lipinski definition) is 3. The summed E-state index contributed by atoms with van der Waals surface area (Å²) in [5.41, 5.74) is 6.88. The van der Waals surface area contributed by atoms with Crippen molar-refractivity contribution in [1.82, 2.24) is 5.32 Å². The van der Waals surface area contributed by atoms with Gasteiger partial charge in [0.1, 0.15) is 5.75 Å². The Bertz CT molecular complexity index is 439. The van der Waals surface area contributed by atoms with Gasteiger partial charge >= 0.3 is 0 Å². The van der Waals surface area contributed by atoms with Gasteiger partial charge in [-0.3, -0.25) is 4.79 Å². The standard InChI is InChI=1S/C17H26N2O2/c18-16(12-14-7-9-15(20)10-8-14)17(21)19-11-3-6-13-4-1-2-5-13/h7-10,13,16,20H,1-6,11-12,18H2,(H,19,21). The van der Waals surface area contributed by atoms with Crippen LogP contribution in [0.4, 0.5) is 0 Å². The Balaban J connectivity index is 1.63. The number of aromatic hydroxyl groups is 1. The first-order chi connectivity index (χ1) is 10.1. The van der Waals surface area contributed by atoms with Crippen LogP contribution < -0.4 is 11.1 Å². The van der Waals surface area contributed by atoms with Gasteiger partial charge in [0.05, 0.1) is 6.04 Å². The highest BCUT2D eigenvalue weighted by Gasteiger charge is 2.16. The molecule has 1 aliphatic rings. The SMILES string of the molecule is NC(Cc1ccc(O)cc1)C(=O)NCCCC1CCCC1. The van der Waals surface area contributed by atoms with E-state index < -0.39 is 6.04 Å². The van der Waals surface area contributed by atoms with Gasteiger partial charge in [0.25, 0.3) is 0 Å². The van der Waals surface area contributed by atoms with Crippen molar-refractivity contribution >= 4 is 5.91 Å². The quantitative estimate of drug-likeness (QED) is 0.675. The summed E-state index contributed by atoms with van der Waals surface area (Å²) in [6, 6.07) is 6.29. The fourth-order valence-corrected chi connectivity index (χ4v) is 3.01. The average molecular weight is 290 g/mol. The molecule has 1 amide bonds. The number of rotatable bonds is 7. The minimum atomic E-state index is -0.527. The van der Waals surface area contributed by atoms with Crippen LogP contribution in [0, 0.1) is 5.92 Å². The summed E-state index contributed by atoms with van der Waals surface area (Å²) in [6.45, 7) is 0.721. The van der Waals surface area contributed by atoms with Gasteiger partial charge in [0.2, 0.25) is 5.91 Å². The van der Waals surface area contributed by atoms with Crippen LogP contribution in [0.1, 0.15) is 44.1 Å². The first-order valence-electron chi connectivity index (χ1n) is 7.96. The lowest BCUT2D eigenvalue weighted by molar-refractivity contribution is -0.122. The third kappa shape index (κ3) is 5.38. The van der Waals surface area contributed by atoms with Crippen molar-refractivity contribution in [2.45, 2.75) is 51.0 Å². The molecule has 1 atom stereocenters. The fourth-order valence-electron chi connectivity index (χ4n) is 3.01. The van der Waals surface area contributed by atoms with E-state index >= 15 is 0 Å². The Morgan fingerprint density at radius 2 is 1.95 bits per heavy atom. The molecule has 0 radical (unpaired) electrons. The van der Waals surface area contributed by atoms with Crippen molar-refractivity contribution in [1.29, 1.82) is 0 Å². The van der Waals surface area contributed by atoms with Crippen molar-refractivity contribution < 1.29 is 9.90 Å². The van der Waals surface area contributed by atoms with Crippen molar-refractivity contribution in [3.63, 3.8) is 0 Å². The molecule has 4 N–H and O–H groups in total. The van der Waals surface area contributed by atoms with E-state index in [0.29, 0.717) is 6.42 Å². The van der Waals surface area contributed by atoms with Crippen LogP contribution in [0.15, 0.2) is 24.3 Å². The molecule has 0 heterocycles. The lowest BCUT2D eigenvalue weighted by Crippen LogP contribution is -2.42. The van der Waals surface area contributed by atoms with Crippen molar-refractivity contribution in [3.8, 4) is 5.75 Å². The third-order valence-corrected chi connectivity index (χ3v) is 4.29. The van der Waals surface area contributed by atoms with Crippen molar-refractivity contribution in [2.24, 2.45) is 11.7 Å². The molecule has 0 bridgehead atoms. The number of phenols is 1. The van der Waals surface area contributed by atoms with Crippen molar-refractivity contribution in [2.75, 3.05) is 6.54 Å². The fraction of sp³-hybridized carbons (Fsp3) is 0.588. The number of nitrogens with two attached hydrogens (primary N) is 1. The molecule has 0 spiro atoms. The van der Waals surface area contributed by atoms with E-state index in [4.69, 9.17) is 5.73 Å². The van der Waals surface area contributed by atoms with E-state index in [9.17, 15) is 9.90 Å². The zero-order chi connectivity index (χ0) is 15.1. The normalized spacial score (nSPS) is 16.8.